The molecule has 1 aromatic heterocycles. The predicted octanol–water partition coefficient (Wildman–Crippen LogP) is 2.07. The van der Waals surface area contributed by atoms with Gasteiger partial charge in [0.05, 0.1) is 22.9 Å². The molecule has 2 N–H and O–H groups in total. The van der Waals surface area contributed by atoms with Crippen LogP contribution in [0.15, 0.2) is 24.3 Å². The predicted molar refractivity (Wildman–Crippen MR) is 72.4 cm³/mol. The molecule has 5 heteroatoms. The highest BCUT2D eigenvalue weighted by Crippen LogP contribution is 2.21. The van der Waals surface area contributed by atoms with E-state index in [1.54, 1.807) is 18.3 Å². The fourth-order valence-corrected chi connectivity index (χ4v) is 2.51. The molecule has 0 spiro atoms. The first-order valence-electron chi connectivity index (χ1n) is 5.94. The molecule has 0 saturated heterocycles. The third-order valence-electron chi connectivity index (χ3n) is 2.56. The summed E-state index contributed by atoms with van der Waals surface area (Å²) in [7, 11) is 0. The molecule has 18 heavy (non-hydrogen) atoms. The maximum Gasteiger partial charge on any atom is 0.220 e. The molecule has 2 rings (SSSR count). The van der Waals surface area contributed by atoms with Crippen LogP contribution < -0.4 is 5.32 Å². The summed E-state index contributed by atoms with van der Waals surface area (Å²) in [4.78, 5) is 15.9. The molecule has 1 heterocycles. The van der Waals surface area contributed by atoms with Crippen LogP contribution in [0.3, 0.4) is 0 Å². The summed E-state index contributed by atoms with van der Waals surface area (Å²) in [5.74, 6) is -0.0462. The first-order chi connectivity index (χ1) is 8.65. The number of benzene rings is 1. The molecule has 1 aromatic carbocycles. The Hall–Kier alpha value is -1.46. The minimum atomic E-state index is -0.432. The Balaban J connectivity index is 1.88. The zero-order valence-corrected chi connectivity index (χ0v) is 11.0. The van der Waals surface area contributed by atoms with Gasteiger partial charge in [-0.2, -0.15) is 0 Å². The van der Waals surface area contributed by atoms with Gasteiger partial charge in [-0.1, -0.05) is 12.1 Å². The number of amides is 1. The Morgan fingerprint density at radius 1 is 1.50 bits per heavy atom. The van der Waals surface area contributed by atoms with E-state index < -0.39 is 6.10 Å². The highest BCUT2D eigenvalue weighted by atomic mass is 32.1. The summed E-state index contributed by atoms with van der Waals surface area (Å²) in [6.45, 7) is 2.14. The fraction of sp³-hybridized carbons (Fsp3) is 0.385. The van der Waals surface area contributed by atoms with Crippen LogP contribution in [0, 0.1) is 0 Å². The number of hydrogen-bond donors (Lipinski definition) is 2. The Morgan fingerprint density at radius 3 is 3.00 bits per heavy atom. The van der Waals surface area contributed by atoms with Crippen LogP contribution in [0.2, 0.25) is 0 Å². The molecule has 0 aliphatic rings. The summed E-state index contributed by atoms with van der Waals surface area (Å²) in [6.07, 6.45) is 0.409. The lowest BCUT2D eigenvalue weighted by Gasteiger charge is -2.04. The molecule has 2 aromatic rings. The number of carbonyl (C=O) groups is 1. The number of rotatable bonds is 5. The van der Waals surface area contributed by atoms with Crippen molar-refractivity contribution < 1.29 is 9.90 Å². The minimum absolute atomic E-state index is 0.0462. The van der Waals surface area contributed by atoms with E-state index in [0.717, 1.165) is 15.2 Å². The average Bonchev–Trinajstić information content (AvgIpc) is 2.76. The van der Waals surface area contributed by atoms with Gasteiger partial charge >= 0.3 is 0 Å². The molecular formula is C13H16N2O2S. The number of carbonyl (C=O) groups excluding carboxylic acids is 1. The smallest absolute Gasteiger partial charge is 0.220 e. The Kier molecular flexibility index (Phi) is 4.28. The van der Waals surface area contributed by atoms with Gasteiger partial charge in [0.2, 0.25) is 5.91 Å². The Bertz CT molecular complexity index is 504. The monoisotopic (exact) mass is 264 g/mol. The normalized spacial score (nSPS) is 12.6. The zero-order chi connectivity index (χ0) is 13.0. The molecule has 0 aliphatic carbocycles. The molecule has 1 atom stereocenters. The highest BCUT2D eigenvalue weighted by Gasteiger charge is 2.06. The van der Waals surface area contributed by atoms with Crippen molar-refractivity contribution in [2.75, 3.05) is 0 Å². The van der Waals surface area contributed by atoms with E-state index in [2.05, 4.69) is 10.3 Å². The average molecular weight is 264 g/mol. The number of nitrogens with one attached hydrogen (secondary N) is 1. The maximum absolute atomic E-state index is 11.5. The number of aliphatic hydroxyl groups excluding tert-OH is 1. The van der Waals surface area contributed by atoms with Crippen LogP contribution in [0.4, 0.5) is 0 Å². The van der Waals surface area contributed by atoms with Crippen molar-refractivity contribution in [2.45, 2.75) is 32.4 Å². The second-order valence-electron chi connectivity index (χ2n) is 4.24. The number of para-hydroxylation sites is 1. The van der Waals surface area contributed by atoms with Gasteiger partial charge in [-0.05, 0) is 25.5 Å². The van der Waals surface area contributed by atoms with Crippen molar-refractivity contribution in [1.82, 2.24) is 10.3 Å². The van der Waals surface area contributed by atoms with E-state index >= 15 is 0 Å². The number of thiazole rings is 1. The molecular weight excluding hydrogens is 248 g/mol. The fourth-order valence-electron chi connectivity index (χ4n) is 1.60. The number of aromatic nitrogens is 1. The first kappa shape index (κ1) is 13.0. The summed E-state index contributed by atoms with van der Waals surface area (Å²) in [5.41, 5.74) is 0.968. The second-order valence-corrected chi connectivity index (χ2v) is 5.35. The largest absolute Gasteiger partial charge is 0.393 e. The second kappa shape index (κ2) is 5.93. The molecule has 0 aliphatic heterocycles. The molecule has 0 radical (unpaired) electrons. The van der Waals surface area contributed by atoms with Gasteiger partial charge in [0.1, 0.15) is 5.01 Å². The van der Waals surface area contributed by atoms with E-state index in [9.17, 15) is 4.79 Å². The summed E-state index contributed by atoms with van der Waals surface area (Å²) in [6, 6.07) is 7.91. The number of fused-ring (bicyclic) bond motifs is 1. The quantitative estimate of drug-likeness (QED) is 0.869. The van der Waals surface area contributed by atoms with Gasteiger partial charge in [-0.15, -0.1) is 11.3 Å². The molecule has 0 fully saturated rings. The van der Waals surface area contributed by atoms with E-state index in [1.165, 1.54) is 0 Å². The molecule has 0 saturated carbocycles. The third kappa shape index (κ3) is 3.51. The van der Waals surface area contributed by atoms with Gasteiger partial charge in [0, 0.05) is 6.42 Å². The minimum Gasteiger partial charge on any atom is -0.393 e. The van der Waals surface area contributed by atoms with Crippen LogP contribution >= 0.6 is 11.3 Å². The standard InChI is InChI=1S/C13H16N2O2S/c1-9(16)6-7-12(17)14-8-13-15-10-4-2-3-5-11(10)18-13/h2-5,9,16H,6-8H2,1H3,(H,14,17). The van der Waals surface area contributed by atoms with Crippen LogP contribution in [0.5, 0.6) is 0 Å². The molecule has 4 nitrogen and oxygen atoms in total. The van der Waals surface area contributed by atoms with E-state index in [4.69, 9.17) is 5.11 Å². The number of nitrogens with zero attached hydrogens (tertiary/aromatic N) is 1. The maximum atomic E-state index is 11.5. The number of aliphatic hydroxyl groups is 1. The van der Waals surface area contributed by atoms with Crippen molar-refractivity contribution >= 4 is 27.5 Å². The van der Waals surface area contributed by atoms with Crippen molar-refractivity contribution in [3.05, 3.63) is 29.3 Å². The van der Waals surface area contributed by atoms with Crippen LogP contribution in [-0.4, -0.2) is 22.1 Å². The Morgan fingerprint density at radius 2 is 2.28 bits per heavy atom. The van der Waals surface area contributed by atoms with E-state index in [1.807, 2.05) is 24.3 Å². The van der Waals surface area contributed by atoms with E-state index in [0.29, 0.717) is 19.4 Å². The SMILES string of the molecule is CC(O)CCC(=O)NCc1nc2ccccc2s1. The summed E-state index contributed by atoms with van der Waals surface area (Å²) < 4.78 is 1.13. The highest BCUT2D eigenvalue weighted by molar-refractivity contribution is 7.18. The van der Waals surface area contributed by atoms with Crippen molar-refractivity contribution in [3.63, 3.8) is 0 Å². The molecule has 1 unspecified atom stereocenters. The van der Waals surface area contributed by atoms with Crippen LogP contribution in [0.25, 0.3) is 10.2 Å². The van der Waals surface area contributed by atoms with Gasteiger partial charge in [0.25, 0.3) is 0 Å². The van der Waals surface area contributed by atoms with Gasteiger partial charge in [0.15, 0.2) is 0 Å². The topological polar surface area (TPSA) is 62.2 Å². The van der Waals surface area contributed by atoms with Crippen LogP contribution in [0.1, 0.15) is 24.8 Å². The van der Waals surface area contributed by atoms with Crippen molar-refractivity contribution in [2.24, 2.45) is 0 Å². The zero-order valence-electron chi connectivity index (χ0n) is 10.2. The summed E-state index contributed by atoms with van der Waals surface area (Å²) in [5, 5.41) is 12.8. The van der Waals surface area contributed by atoms with Crippen molar-refractivity contribution in [1.29, 1.82) is 0 Å². The van der Waals surface area contributed by atoms with Gasteiger partial charge in [-0.3, -0.25) is 4.79 Å². The van der Waals surface area contributed by atoms with Crippen molar-refractivity contribution in [3.8, 4) is 0 Å². The van der Waals surface area contributed by atoms with Crippen LogP contribution in [-0.2, 0) is 11.3 Å². The molecule has 0 bridgehead atoms. The van der Waals surface area contributed by atoms with E-state index in [-0.39, 0.29) is 5.91 Å². The summed E-state index contributed by atoms with van der Waals surface area (Å²) >= 11 is 1.59. The molecule has 96 valence electrons. The third-order valence-corrected chi connectivity index (χ3v) is 3.60. The van der Waals surface area contributed by atoms with Gasteiger partial charge in [-0.25, -0.2) is 4.98 Å². The number of hydrogen-bond acceptors (Lipinski definition) is 4. The lowest BCUT2D eigenvalue weighted by Crippen LogP contribution is -2.23. The molecule has 1 amide bonds. The Labute approximate surface area is 110 Å². The lowest BCUT2D eigenvalue weighted by atomic mass is 10.2. The van der Waals surface area contributed by atoms with Gasteiger partial charge < -0.3 is 10.4 Å². The lowest BCUT2D eigenvalue weighted by molar-refractivity contribution is -0.121. The first-order valence-corrected chi connectivity index (χ1v) is 6.76.